The fourth-order valence-corrected chi connectivity index (χ4v) is 0.871. The van der Waals surface area contributed by atoms with Gasteiger partial charge in [0.15, 0.2) is 0 Å². The molecule has 0 aromatic rings. The largest absolute Gasteiger partial charge is 0.463 e. The first-order chi connectivity index (χ1) is 10.6. The van der Waals surface area contributed by atoms with Gasteiger partial charge in [0.2, 0.25) is 0 Å². The number of carbonyl (C=O) groups excluding carboxylic acids is 3. The molecule has 0 amide bonds. The van der Waals surface area contributed by atoms with Gasteiger partial charge in [-0.25, -0.2) is 9.59 Å². The molecule has 0 radical (unpaired) electrons. The third-order valence-electron chi connectivity index (χ3n) is 1.64. The molecular formula is C17H26O5Ru. The number of rotatable bonds is 6. The predicted octanol–water partition coefficient (Wildman–Crippen LogP) is 3.18. The Balaban J connectivity index is -0.000000136. The van der Waals surface area contributed by atoms with Crippen molar-refractivity contribution < 1.29 is 43.3 Å². The molecule has 0 unspecified atom stereocenters. The maximum absolute atomic E-state index is 10.6. The molecule has 0 fully saturated rings. The first-order valence-corrected chi connectivity index (χ1v) is 6.83. The minimum absolute atomic E-state index is 0. The van der Waals surface area contributed by atoms with Crippen LogP contribution in [0.3, 0.4) is 0 Å². The molecule has 0 aliphatic heterocycles. The number of hydrogen-bond donors (Lipinski definition) is 0. The van der Waals surface area contributed by atoms with E-state index >= 15 is 0 Å². The van der Waals surface area contributed by atoms with Crippen molar-refractivity contribution >= 4 is 18.7 Å². The Morgan fingerprint density at radius 1 is 0.783 bits per heavy atom. The Kier molecular flexibility index (Phi) is 36.1. The maximum Gasteiger partial charge on any atom is 0.330 e. The van der Waals surface area contributed by atoms with Crippen LogP contribution >= 0.6 is 0 Å². The summed E-state index contributed by atoms with van der Waals surface area (Å²) < 4.78 is 9.26. The van der Waals surface area contributed by atoms with E-state index in [0.717, 1.165) is 0 Å². The molecule has 0 aliphatic carbocycles. The fourth-order valence-electron chi connectivity index (χ4n) is 0.871. The monoisotopic (exact) mass is 412 g/mol. The minimum atomic E-state index is -0.291. The Morgan fingerprint density at radius 3 is 1.30 bits per heavy atom. The summed E-state index contributed by atoms with van der Waals surface area (Å²) in [5.41, 5.74) is 0. The predicted molar refractivity (Wildman–Crippen MR) is 88.3 cm³/mol. The van der Waals surface area contributed by atoms with E-state index in [1.807, 2.05) is 32.8 Å². The van der Waals surface area contributed by atoms with Gasteiger partial charge in [-0.1, -0.05) is 36.5 Å². The summed E-state index contributed by atoms with van der Waals surface area (Å²) in [5, 5.41) is 0. The zero-order valence-corrected chi connectivity index (χ0v) is 15.9. The third-order valence-corrected chi connectivity index (χ3v) is 1.64. The molecular weight excluding hydrogens is 385 g/mol. The molecule has 0 saturated heterocycles. The molecule has 0 rings (SSSR count). The Morgan fingerprint density at radius 2 is 1.09 bits per heavy atom. The van der Waals surface area contributed by atoms with Gasteiger partial charge in [0.25, 0.3) is 0 Å². The topological polar surface area (TPSA) is 69.7 Å². The van der Waals surface area contributed by atoms with Crippen LogP contribution in [0.1, 0.15) is 27.7 Å². The van der Waals surface area contributed by atoms with Crippen LogP contribution in [0, 0.1) is 0 Å². The number of hydrogen-bond acceptors (Lipinski definition) is 5. The van der Waals surface area contributed by atoms with Gasteiger partial charge in [-0.15, -0.1) is 0 Å². The van der Waals surface area contributed by atoms with E-state index < -0.39 is 0 Å². The van der Waals surface area contributed by atoms with Crippen LogP contribution in [0.15, 0.2) is 48.6 Å². The summed E-state index contributed by atoms with van der Waals surface area (Å²) in [6.07, 6.45) is 13.3. The van der Waals surface area contributed by atoms with Gasteiger partial charge in [-0.2, -0.15) is 0 Å². The normalized spacial score (nSPS) is 9.74. The first kappa shape index (κ1) is 29.2. The number of carbonyl (C=O) groups is 3. The van der Waals surface area contributed by atoms with E-state index in [4.69, 9.17) is 4.79 Å². The summed E-state index contributed by atoms with van der Waals surface area (Å²) in [4.78, 5) is 29.1. The third kappa shape index (κ3) is 33.2. The molecule has 0 aromatic heterocycles. The summed E-state index contributed by atoms with van der Waals surface area (Å²) in [5.74, 6) is -0.582. The van der Waals surface area contributed by atoms with E-state index in [2.05, 4.69) is 9.47 Å². The first-order valence-electron chi connectivity index (χ1n) is 6.83. The summed E-state index contributed by atoms with van der Waals surface area (Å²) in [6, 6.07) is 0. The summed E-state index contributed by atoms with van der Waals surface area (Å²) >= 11 is 0. The minimum Gasteiger partial charge on any atom is -0.463 e. The summed E-state index contributed by atoms with van der Waals surface area (Å²) in [7, 11) is 0. The van der Waals surface area contributed by atoms with Crippen molar-refractivity contribution in [1.29, 1.82) is 0 Å². The van der Waals surface area contributed by atoms with Crippen LogP contribution in [0.4, 0.5) is 0 Å². The van der Waals surface area contributed by atoms with E-state index in [-0.39, 0.29) is 31.4 Å². The average molecular weight is 411 g/mol. The van der Waals surface area contributed by atoms with Crippen molar-refractivity contribution in [2.75, 3.05) is 13.2 Å². The van der Waals surface area contributed by atoms with E-state index in [1.165, 1.54) is 12.2 Å². The standard InChI is InChI=1S/2C8H12O2.CH2O.Ru/c2*1-3-5-6-7-8(9)10-4-2;1-2;/h2*3,5-7H,4H2,1-2H3;1H2;. The Bertz CT molecular complexity index is 348. The van der Waals surface area contributed by atoms with Crippen LogP contribution in [0.2, 0.25) is 0 Å². The van der Waals surface area contributed by atoms with E-state index in [0.29, 0.717) is 13.2 Å². The van der Waals surface area contributed by atoms with Gasteiger partial charge in [-0.3, -0.25) is 0 Å². The smallest absolute Gasteiger partial charge is 0.330 e. The fraction of sp³-hybridized carbons (Fsp3) is 0.353. The van der Waals surface area contributed by atoms with Gasteiger partial charge in [0, 0.05) is 31.6 Å². The molecule has 0 bridgehead atoms. The molecule has 0 atom stereocenters. The van der Waals surface area contributed by atoms with Crippen LogP contribution in [-0.4, -0.2) is 31.9 Å². The molecule has 0 heterocycles. The molecule has 5 nitrogen and oxygen atoms in total. The summed E-state index contributed by atoms with van der Waals surface area (Å²) in [6.45, 7) is 10.2. The Hall–Kier alpha value is -1.81. The molecule has 0 spiro atoms. The second-order valence-electron chi connectivity index (χ2n) is 3.27. The molecule has 132 valence electrons. The van der Waals surface area contributed by atoms with Gasteiger partial charge in [0.05, 0.1) is 13.2 Å². The van der Waals surface area contributed by atoms with Gasteiger partial charge in [0.1, 0.15) is 6.79 Å². The van der Waals surface area contributed by atoms with Crippen LogP contribution in [0.5, 0.6) is 0 Å². The molecule has 6 heteroatoms. The van der Waals surface area contributed by atoms with E-state index in [9.17, 15) is 9.59 Å². The van der Waals surface area contributed by atoms with Crippen molar-refractivity contribution in [2.24, 2.45) is 0 Å². The van der Waals surface area contributed by atoms with Crippen molar-refractivity contribution in [1.82, 2.24) is 0 Å². The number of allylic oxidation sites excluding steroid dienone is 6. The molecule has 0 saturated carbocycles. The van der Waals surface area contributed by atoms with Gasteiger partial charge < -0.3 is 14.3 Å². The maximum atomic E-state index is 10.6. The second kappa shape index (κ2) is 28.4. The quantitative estimate of drug-likeness (QED) is 0.291. The van der Waals surface area contributed by atoms with Crippen molar-refractivity contribution in [2.45, 2.75) is 27.7 Å². The number of esters is 2. The van der Waals surface area contributed by atoms with Gasteiger partial charge in [-0.05, 0) is 27.7 Å². The molecule has 0 N–H and O–H groups in total. The zero-order chi connectivity index (χ0) is 17.6. The second-order valence-corrected chi connectivity index (χ2v) is 3.27. The van der Waals surface area contributed by atoms with Crippen LogP contribution in [0.25, 0.3) is 0 Å². The molecule has 0 aromatic carbocycles. The Labute approximate surface area is 151 Å². The van der Waals surface area contributed by atoms with Crippen LogP contribution in [-0.2, 0) is 43.3 Å². The van der Waals surface area contributed by atoms with Crippen molar-refractivity contribution in [3.63, 3.8) is 0 Å². The molecule has 0 aliphatic rings. The van der Waals surface area contributed by atoms with Gasteiger partial charge >= 0.3 is 11.9 Å². The van der Waals surface area contributed by atoms with Crippen LogP contribution < -0.4 is 0 Å². The van der Waals surface area contributed by atoms with Crippen molar-refractivity contribution in [3.05, 3.63) is 48.6 Å². The molecule has 23 heavy (non-hydrogen) atoms. The van der Waals surface area contributed by atoms with Crippen molar-refractivity contribution in [3.8, 4) is 0 Å². The van der Waals surface area contributed by atoms with E-state index in [1.54, 1.807) is 38.2 Å². The number of ether oxygens (including phenoxy) is 2. The average Bonchev–Trinajstić information content (AvgIpc) is 2.51. The SMILES string of the molecule is C=O.CC=CC=CC(=O)OCC.CC=CC=CC(=O)OCC.[Ru]. The zero-order valence-electron chi connectivity index (χ0n) is 14.1.